The van der Waals surface area contributed by atoms with Crippen molar-refractivity contribution >= 4 is 29.9 Å². The van der Waals surface area contributed by atoms with Crippen LogP contribution in [0.15, 0.2) is 48.5 Å². The standard InChI is InChI=1S/C19H22FN3O2.ClH/c1-14(24)22-18-12-16(8-9-17(18)20)19(25)23(11-5-10-21)13-15-6-3-2-4-7-15;/h2-4,6-9,12H,5,10-11,13,21H2,1H3,(H,22,24);1H. The fraction of sp³-hybridized carbons (Fsp3) is 0.263. The summed E-state index contributed by atoms with van der Waals surface area (Å²) < 4.78 is 13.8. The van der Waals surface area contributed by atoms with Crippen LogP contribution in [-0.4, -0.2) is 29.8 Å². The zero-order valence-electron chi connectivity index (χ0n) is 14.6. The Bertz CT molecular complexity index is 741. The minimum atomic E-state index is -0.580. The molecule has 0 saturated heterocycles. The van der Waals surface area contributed by atoms with Crippen LogP contribution in [0.2, 0.25) is 0 Å². The highest BCUT2D eigenvalue weighted by Gasteiger charge is 2.17. The van der Waals surface area contributed by atoms with Crippen molar-refractivity contribution in [1.82, 2.24) is 4.90 Å². The van der Waals surface area contributed by atoms with E-state index in [9.17, 15) is 14.0 Å². The van der Waals surface area contributed by atoms with E-state index in [2.05, 4.69) is 5.32 Å². The lowest BCUT2D eigenvalue weighted by Gasteiger charge is -2.23. The summed E-state index contributed by atoms with van der Waals surface area (Å²) in [6, 6.07) is 13.6. The highest BCUT2D eigenvalue weighted by molar-refractivity contribution is 5.96. The van der Waals surface area contributed by atoms with E-state index in [1.807, 2.05) is 30.3 Å². The van der Waals surface area contributed by atoms with Crippen molar-refractivity contribution in [2.45, 2.75) is 19.9 Å². The Kier molecular flexibility index (Phi) is 8.75. The summed E-state index contributed by atoms with van der Waals surface area (Å²) in [5.74, 6) is -1.21. The molecule has 0 heterocycles. The van der Waals surface area contributed by atoms with E-state index < -0.39 is 11.7 Å². The van der Waals surface area contributed by atoms with Gasteiger partial charge in [-0.15, -0.1) is 12.4 Å². The molecule has 0 saturated carbocycles. The zero-order chi connectivity index (χ0) is 18.2. The number of amides is 2. The van der Waals surface area contributed by atoms with Crippen molar-refractivity contribution in [2.75, 3.05) is 18.4 Å². The van der Waals surface area contributed by atoms with Crippen molar-refractivity contribution in [3.05, 3.63) is 65.5 Å². The molecule has 0 atom stereocenters. The fourth-order valence-electron chi connectivity index (χ4n) is 2.46. The number of benzene rings is 2. The number of nitrogens with one attached hydrogen (secondary N) is 1. The average Bonchev–Trinajstić information content (AvgIpc) is 2.60. The third kappa shape index (κ3) is 6.13. The molecule has 0 aliphatic carbocycles. The van der Waals surface area contributed by atoms with E-state index in [1.165, 1.54) is 25.1 Å². The highest BCUT2D eigenvalue weighted by Crippen LogP contribution is 2.18. The Labute approximate surface area is 158 Å². The quantitative estimate of drug-likeness (QED) is 0.775. The third-order valence-corrected chi connectivity index (χ3v) is 3.66. The molecular formula is C19H23ClFN3O2. The molecule has 3 N–H and O–H groups in total. The molecule has 2 rings (SSSR count). The van der Waals surface area contributed by atoms with Crippen molar-refractivity contribution in [3.63, 3.8) is 0 Å². The van der Waals surface area contributed by atoms with Gasteiger partial charge in [-0.1, -0.05) is 30.3 Å². The fourth-order valence-corrected chi connectivity index (χ4v) is 2.46. The summed E-state index contributed by atoms with van der Waals surface area (Å²) in [5.41, 5.74) is 6.88. The summed E-state index contributed by atoms with van der Waals surface area (Å²) in [4.78, 5) is 25.7. The number of rotatable bonds is 7. The molecule has 0 aromatic heterocycles. The molecular weight excluding hydrogens is 357 g/mol. The number of nitrogens with two attached hydrogens (primary N) is 1. The maximum Gasteiger partial charge on any atom is 0.254 e. The highest BCUT2D eigenvalue weighted by atomic mass is 35.5. The predicted octanol–water partition coefficient (Wildman–Crippen LogP) is 3.20. The minimum Gasteiger partial charge on any atom is -0.334 e. The normalized spacial score (nSPS) is 9.96. The Morgan fingerprint density at radius 2 is 1.85 bits per heavy atom. The lowest BCUT2D eigenvalue weighted by molar-refractivity contribution is -0.114. The molecule has 2 aromatic carbocycles. The molecule has 2 amide bonds. The van der Waals surface area contributed by atoms with Crippen LogP contribution in [0.3, 0.4) is 0 Å². The lowest BCUT2D eigenvalue weighted by Crippen LogP contribution is -2.32. The molecule has 0 bridgehead atoms. The summed E-state index contributed by atoms with van der Waals surface area (Å²) in [6.45, 7) is 2.69. The first kappa shape index (κ1) is 21.6. The van der Waals surface area contributed by atoms with Crippen LogP contribution in [0.1, 0.15) is 29.3 Å². The third-order valence-electron chi connectivity index (χ3n) is 3.66. The van der Waals surface area contributed by atoms with E-state index in [0.717, 1.165) is 5.56 Å². The van der Waals surface area contributed by atoms with E-state index in [1.54, 1.807) is 4.90 Å². The second-order valence-corrected chi connectivity index (χ2v) is 5.73. The Morgan fingerprint density at radius 3 is 2.46 bits per heavy atom. The van der Waals surface area contributed by atoms with E-state index in [-0.39, 0.29) is 24.0 Å². The molecule has 5 nitrogen and oxygen atoms in total. The van der Waals surface area contributed by atoms with Crippen LogP contribution in [0, 0.1) is 5.82 Å². The number of hydrogen-bond acceptors (Lipinski definition) is 3. The van der Waals surface area contributed by atoms with Crippen molar-refractivity contribution in [3.8, 4) is 0 Å². The van der Waals surface area contributed by atoms with Crippen LogP contribution in [0.25, 0.3) is 0 Å². The van der Waals surface area contributed by atoms with Crippen LogP contribution in [-0.2, 0) is 11.3 Å². The van der Waals surface area contributed by atoms with Gasteiger partial charge in [-0.2, -0.15) is 0 Å². The monoisotopic (exact) mass is 379 g/mol. The van der Waals surface area contributed by atoms with Gasteiger partial charge in [-0.05, 0) is 36.7 Å². The average molecular weight is 380 g/mol. The van der Waals surface area contributed by atoms with Gasteiger partial charge in [-0.25, -0.2) is 4.39 Å². The first-order valence-corrected chi connectivity index (χ1v) is 8.11. The van der Waals surface area contributed by atoms with Gasteiger partial charge in [0, 0.05) is 25.6 Å². The smallest absolute Gasteiger partial charge is 0.254 e. The molecule has 0 unspecified atom stereocenters. The van der Waals surface area contributed by atoms with E-state index in [4.69, 9.17) is 5.73 Å². The molecule has 0 radical (unpaired) electrons. The van der Waals surface area contributed by atoms with Gasteiger partial charge in [0.25, 0.3) is 5.91 Å². The number of carbonyl (C=O) groups is 2. The van der Waals surface area contributed by atoms with Crippen molar-refractivity contribution in [2.24, 2.45) is 5.73 Å². The summed E-state index contributed by atoms with van der Waals surface area (Å²) >= 11 is 0. The van der Waals surface area contributed by atoms with Gasteiger partial charge in [0.1, 0.15) is 5.82 Å². The van der Waals surface area contributed by atoms with Crippen LogP contribution < -0.4 is 11.1 Å². The molecule has 26 heavy (non-hydrogen) atoms. The topological polar surface area (TPSA) is 75.4 Å². The lowest BCUT2D eigenvalue weighted by atomic mass is 10.1. The first-order valence-electron chi connectivity index (χ1n) is 8.11. The minimum absolute atomic E-state index is 0. The van der Waals surface area contributed by atoms with Gasteiger partial charge in [0.2, 0.25) is 5.91 Å². The summed E-state index contributed by atoms with van der Waals surface area (Å²) in [5, 5.41) is 2.40. The number of hydrogen-bond donors (Lipinski definition) is 2. The Balaban J connectivity index is 0.00000338. The van der Waals surface area contributed by atoms with E-state index >= 15 is 0 Å². The number of halogens is 2. The van der Waals surface area contributed by atoms with Gasteiger partial charge < -0.3 is 16.0 Å². The van der Waals surface area contributed by atoms with Gasteiger partial charge in [0.05, 0.1) is 5.69 Å². The molecule has 2 aromatic rings. The molecule has 0 aliphatic heterocycles. The predicted molar refractivity (Wildman–Crippen MR) is 103 cm³/mol. The molecule has 0 fully saturated rings. The largest absolute Gasteiger partial charge is 0.334 e. The first-order chi connectivity index (χ1) is 12.0. The zero-order valence-corrected chi connectivity index (χ0v) is 15.4. The molecule has 140 valence electrons. The summed E-state index contributed by atoms with van der Waals surface area (Å²) in [7, 11) is 0. The van der Waals surface area contributed by atoms with Crippen LogP contribution in [0.4, 0.5) is 10.1 Å². The SMILES string of the molecule is CC(=O)Nc1cc(C(=O)N(CCCN)Cc2ccccc2)ccc1F.Cl. The maximum absolute atomic E-state index is 13.8. The van der Waals surface area contributed by atoms with Gasteiger partial charge >= 0.3 is 0 Å². The second-order valence-electron chi connectivity index (χ2n) is 5.73. The van der Waals surface area contributed by atoms with E-state index in [0.29, 0.717) is 31.6 Å². The number of carbonyl (C=O) groups excluding carboxylic acids is 2. The summed E-state index contributed by atoms with van der Waals surface area (Å²) in [6.07, 6.45) is 0.665. The van der Waals surface area contributed by atoms with Crippen molar-refractivity contribution < 1.29 is 14.0 Å². The molecule has 0 spiro atoms. The number of anilines is 1. The second kappa shape index (κ2) is 10.5. The van der Waals surface area contributed by atoms with Crippen molar-refractivity contribution in [1.29, 1.82) is 0 Å². The molecule has 0 aliphatic rings. The van der Waals surface area contributed by atoms with Crippen LogP contribution >= 0.6 is 12.4 Å². The number of nitrogens with zero attached hydrogens (tertiary/aromatic N) is 1. The van der Waals surface area contributed by atoms with Crippen LogP contribution in [0.5, 0.6) is 0 Å². The Hall–Kier alpha value is -2.44. The van der Waals surface area contributed by atoms with Gasteiger partial charge in [-0.3, -0.25) is 9.59 Å². The maximum atomic E-state index is 13.8. The van der Waals surface area contributed by atoms with Gasteiger partial charge in [0.15, 0.2) is 0 Å². The molecule has 7 heteroatoms. The Morgan fingerprint density at radius 1 is 1.15 bits per heavy atom.